The van der Waals surface area contributed by atoms with Crippen LogP contribution in [0.25, 0.3) is 38.8 Å². The first-order valence-electron chi connectivity index (χ1n) is 18.8. The largest absolute Gasteiger partial charge is 0.457 e. The van der Waals surface area contributed by atoms with E-state index in [2.05, 4.69) is 190 Å². The molecule has 1 aliphatic heterocycles. The molecule has 1 aliphatic rings. The summed E-state index contributed by atoms with van der Waals surface area (Å²) in [4.78, 5) is 9.37. The average molecular weight is 697 g/mol. The molecule has 0 N–H and O–H groups in total. The average Bonchev–Trinajstić information content (AvgIpc) is 3.78. The molecule has 0 amide bonds. The van der Waals surface area contributed by atoms with Gasteiger partial charge in [-0.25, -0.2) is 4.98 Å². The smallest absolute Gasteiger partial charge is 0.137 e. The van der Waals surface area contributed by atoms with Crippen molar-refractivity contribution in [2.75, 3.05) is 16.5 Å². The molecule has 2 aromatic heterocycles. The zero-order chi connectivity index (χ0) is 36.9. The lowest BCUT2D eigenvalue weighted by atomic mass is 9.85. The molecule has 8 rings (SSSR count). The summed E-state index contributed by atoms with van der Waals surface area (Å²) in [6.07, 6.45) is 6.21. The minimum atomic E-state index is 0.0136. The molecule has 0 aliphatic carbocycles. The van der Waals surface area contributed by atoms with E-state index in [0.717, 1.165) is 40.7 Å². The number of fused-ring (bicyclic) bond motifs is 3. The summed E-state index contributed by atoms with van der Waals surface area (Å²) < 4.78 is 8.83. The fourth-order valence-electron chi connectivity index (χ4n) is 7.59. The summed E-state index contributed by atoms with van der Waals surface area (Å²) in [5.41, 5.74) is 11.2. The summed E-state index contributed by atoms with van der Waals surface area (Å²) in [6, 6.07) is 43.4. The molecule has 0 radical (unpaired) electrons. The minimum Gasteiger partial charge on any atom is -0.457 e. The number of para-hydroxylation sites is 1. The quantitative estimate of drug-likeness (QED) is 0.158. The van der Waals surface area contributed by atoms with Crippen LogP contribution in [0.5, 0.6) is 11.5 Å². The number of aromatic nitrogens is 2. The van der Waals surface area contributed by atoms with E-state index in [4.69, 9.17) is 9.72 Å². The first-order chi connectivity index (χ1) is 25.5. The second-order valence-electron chi connectivity index (χ2n) is 15.8. The van der Waals surface area contributed by atoms with Crippen molar-refractivity contribution < 1.29 is 4.74 Å². The second kappa shape index (κ2) is 13.6. The Hall–Kier alpha value is -5.81. The van der Waals surface area contributed by atoms with Gasteiger partial charge in [-0.15, -0.1) is 0 Å². The lowest BCUT2D eigenvalue weighted by Gasteiger charge is -2.23. The maximum atomic E-state index is 6.57. The summed E-state index contributed by atoms with van der Waals surface area (Å²) in [5.74, 6) is 3.40. The monoisotopic (exact) mass is 696 g/mol. The highest BCUT2D eigenvalue weighted by Crippen LogP contribution is 2.39. The summed E-state index contributed by atoms with van der Waals surface area (Å²) in [6.45, 7) is 16.6. The molecule has 0 fully saturated rings. The van der Waals surface area contributed by atoms with Gasteiger partial charge in [0.1, 0.15) is 17.3 Å². The van der Waals surface area contributed by atoms with Crippen molar-refractivity contribution in [3.8, 4) is 28.4 Å². The fraction of sp³-hybridized carbons (Fsp3) is 0.229. The maximum absolute atomic E-state index is 6.57. The Morgan fingerprint density at radius 3 is 1.98 bits per heavy atom. The van der Waals surface area contributed by atoms with E-state index < -0.39 is 0 Å². The van der Waals surface area contributed by atoms with Gasteiger partial charge >= 0.3 is 0 Å². The normalized spacial score (nSPS) is 13.3. The van der Waals surface area contributed by atoms with Gasteiger partial charge in [0.15, 0.2) is 0 Å². The van der Waals surface area contributed by atoms with Gasteiger partial charge in [-0.05, 0) is 99.7 Å². The van der Waals surface area contributed by atoms with Crippen molar-refractivity contribution in [1.82, 2.24) is 9.55 Å². The second-order valence-corrected chi connectivity index (χ2v) is 15.8. The van der Waals surface area contributed by atoms with Gasteiger partial charge in [-0.3, -0.25) is 4.57 Å². The minimum absolute atomic E-state index is 0.0136. The van der Waals surface area contributed by atoms with Crippen LogP contribution in [-0.4, -0.2) is 16.2 Å². The van der Waals surface area contributed by atoms with Crippen molar-refractivity contribution in [3.63, 3.8) is 0 Å². The number of nitrogens with zero attached hydrogens (tertiary/aromatic N) is 4. The molecule has 0 bridgehead atoms. The molecule has 0 spiro atoms. The first-order valence-corrected chi connectivity index (χ1v) is 18.8. The molecule has 0 unspecified atom stereocenters. The molecule has 5 heteroatoms. The predicted molar refractivity (Wildman–Crippen MR) is 223 cm³/mol. The number of pyridine rings is 1. The van der Waals surface area contributed by atoms with Crippen LogP contribution in [0.1, 0.15) is 77.0 Å². The van der Waals surface area contributed by atoms with Crippen LogP contribution >= 0.6 is 0 Å². The third kappa shape index (κ3) is 6.57. The van der Waals surface area contributed by atoms with Crippen molar-refractivity contribution >= 4 is 33.2 Å². The first kappa shape index (κ1) is 34.3. The predicted octanol–water partition coefficient (Wildman–Crippen LogP) is 12.9. The number of rotatable bonds is 8. The Labute approximate surface area is 313 Å². The highest BCUT2D eigenvalue weighted by Gasteiger charge is 2.20. The Morgan fingerprint density at radius 2 is 1.26 bits per heavy atom. The van der Waals surface area contributed by atoms with Crippen LogP contribution in [0.15, 0.2) is 140 Å². The molecule has 5 nitrogen and oxygen atoms in total. The zero-order valence-electron chi connectivity index (χ0n) is 31.8. The lowest BCUT2D eigenvalue weighted by molar-refractivity contribution is 0.483. The fourth-order valence-corrected chi connectivity index (χ4v) is 7.59. The van der Waals surface area contributed by atoms with E-state index in [1.165, 1.54) is 44.3 Å². The topological polar surface area (TPSA) is 33.5 Å². The van der Waals surface area contributed by atoms with Gasteiger partial charge < -0.3 is 14.5 Å². The van der Waals surface area contributed by atoms with Gasteiger partial charge in [0, 0.05) is 52.9 Å². The van der Waals surface area contributed by atoms with Gasteiger partial charge in [0.25, 0.3) is 0 Å². The third-order valence-electron chi connectivity index (χ3n) is 10.5. The number of hydrogen-bond donors (Lipinski definition) is 0. The molecule has 3 heterocycles. The number of benzene rings is 5. The Morgan fingerprint density at radius 1 is 0.604 bits per heavy atom. The van der Waals surface area contributed by atoms with E-state index in [1.807, 2.05) is 12.3 Å². The summed E-state index contributed by atoms with van der Waals surface area (Å²) in [7, 11) is 0. The number of hydrogen-bond acceptors (Lipinski definition) is 4. The van der Waals surface area contributed by atoms with Crippen molar-refractivity contribution in [2.24, 2.45) is 0 Å². The molecule has 5 aromatic carbocycles. The van der Waals surface area contributed by atoms with Crippen molar-refractivity contribution in [2.45, 2.75) is 65.7 Å². The SMILES string of the molecule is CC(C)c1cccc(C(C)C)c1-c1ccc(N2C=CN(c3cccc(Oc4ccc5c6ccccc6n(-c6cc(C(C)(C)C)ccn6)c5c4)c3)C2)cc1. The Balaban J connectivity index is 1.04. The third-order valence-corrected chi connectivity index (χ3v) is 10.5. The molecule has 0 atom stereocenters. The van der Waals surface area contributed by atoms with E-state index in [1.54, 1.807) is 0 Å². The molecule has 53 heavy (non-hydrogen) atoms. The molecule has 0 saturated carbocycles. The highest BCUT2D eigenvalue weighted by molar-refractivity contribution is 6.09. The van der Waals surface area contributed by atoms with E-state index in [9.17, 15) is 0 Å². The lowest BCUT2D eigenvalue weighted by Crippen LogP contribution is -2.24. The molecule has 0 saturated heterocycles. The van der Waals surface area contributed by atoms with Crippen LogP contribution in [0.3, 0.4) is 0 Å². The molecular formula is C48H48N4O. The zero-order valence-corrected chi connectivity index (χ0v) is 31.8. The van der Waals surface area contributed by atoms with Gasteiger partial charge in [0.2, 0.25) is 0 Å². The Kier molecular flexibility index (Phi) is 8.82. The van der Waals surface area contributed by atoms with Crippen molar-refractivity contribution in [3.05, 3.63) is 157 Å². The van der Waals surface area contributed by atoms with E-state index >= 15 is 0 Å². The van der Waals surface area contributed by atoms with E-state index in [-0.39, 0.29) is 5.41 Å². The van der Waals surface area contributed by atoms with Crippen LogP contribution in [0.4, 0.5) is 11.4 Å². The summed E-state index contributed by atoms with van der Waals surface area (Å²) >= 11 is 0. The van der Waals surface area contributed by atoms with Gasteiger partial charge in [-0.1, -0.05) is 103 Å². The van der Waals surface area contributed by atoms with E-state index in [0.29, 0.717) is 11.8 Å². The van der Waals surface area contributed by atoms with Gasteiger partial charge in [0.05, 0.1) is 17.7 Å². The summed E-state index contributed by atoms with van der Waals surface area (Å²) in [5, 5.41) is 2.36. The van der Waals surface area contributed by atoms with Crippen LogP contribution < -0.4 is 14.5 Å². The van der Waals surface area contributed by atoms with Crippen LogP contribution in [0, 0.1) is 0 Å². The van der Waals surface area contributed by atoms with Crippen LogP contribution in [-0.2, 0) is 5.41 Å². The Bertz CT molecular complexity index is 2440. The number of anilines is 2. The van der Waals surface area contributed by atoms with Crippen molar-refractivity contribution in [1.29, 1.82) is 0 Å². The standard InChI is InChI=1S/C48H48N4O/c1-32(2)40-15-11-16-41(33(3)4)47(40)34-18-20-36(21-19-34)50-26-27-51(31-50)37-12-10-13-38(29-37)53-39-22-23-43-42-14-8-9-17-44(42)52(45(43)30-39)46-28-35(24-25-49-46)48(5,6)7/h8-30,32-33H,31H2,1-7H3. The van der Waals surface area contributed by atoms with Crippen LogP contribution in [0.2, 0.25) is 0 Å². The molecule has 7 aromatic rings. The molecule has 266 valence electrons. The maximum Gasteiger partial charge on any atom is 0.137 e. The molecular weight excluding hydrogens is 649 g/mol. The highest BCUT2D eigenvalue weighted by atomic mass is 16.5. The number of ether oxygens (including phenoxy) is 1. The van der Waals surface area contributed by atoms with Gasteiger partial charge in [-0.2, -0.15) is 0 Å².